The third kappa shape index (κ3) is 0.972. The Hall–Kier alpha value is -0.900. The molecule has 1 aliphatic rings. The van der Waals surface area contributed by atoms with Gasteiger partial charge >= 0.3 is 0 Å². The van der Waals surface area contributed by atoms with Gasteiger partial charge < -0.3 is 0 Å². The lowest BCUT2D eigenvalue weighted by atomic mass is 10.8. The monoisotopic (exact) mass is 98.1 g/mol. The van der Waals surface area contributed by atoms with Crippen LogP contribution in [0, 0.1) is 0 Å². The molecular formula is C3H6N4. The van der Waals surface area contributed by atoms with Crippen LogP contribution in [0.5, 0.6) is 0 Å². The van der Waals surface area contributed by atoms with Crippen molar-refractivity contribution in [3.05, 3.63) is 0 Å². The topological polar surface area (TPSA) is 54.0 Å². The summed E-state index contributed by atoms with van der Waals surface area (Å²) in [5.74, 6) is 5.16. The minimum absolute atomic E-state index is 0.469. The van der Waals surface area contributed by atoms with Gasteiger partial charge in [-0.3, -0.25) is 4.99 Å². The second kappa shape index (κ2) is 1.70. The molecule has 0 aromatic heterocycles. The first-order valence-electron chi connectivity index (χ1n) is 1.94. The van der Waals surface area contributed by atoms with E-state index in [-0.39, 0.29) is 0 Å². The Labute approximate surface area is 41.3 Å². The molecule has 0 spiro atoms. The highest BCUT2D eigenvalue weighted by Gasteiger charge is 1.88. The molecule has 0 aliphatic carbocycles. The molecule has 0 atom stereocenters. The molecule has 4 nitrogen and oxygen atoms in total. The Balaban J connectivity index is 2.49. The first kappa shape index (κ1) is 4.26. The van der Waals surface area contributed by atoms with E-state index in [4.69, 9.17) is 5.84 Å². The molecule has 1 aliphatic heterocycles. The van der Waals surface area contributed by atoms with E-state index in [9.17, 15) is 0 Å². The quantitative estimate of drug-likeness (QED) is 0.403. The SMILES string of the molecule is NN1CN=CC=N1. The van der Waals surface area contributed by atoms with Crippen LogP contribution in [0.3, 0.4) is 0 Å². The van der Waals surface area contributed by atoms with E-state index in [0.29, 0.717) is 6.67 Å². The van der Waals surface area contributed by atoms with Gasteiger partial charge in [-0.15, -0.1) is 0 Å². The average Bonchev–Trinajstić information content (AvgIpc) is 1.69. The van der Waals surface area contributed by atoms with Crippen LogP contribution in [0.15, 0.2) is 10.1 Å². The Morgan fingerprint density at radius 3 is 2.71 bits per heavy atom. The van der Waals surface area contributed by atoms with Crippen LogP contribution in [0.2, 0.25) is 0 Å². The largest absolute Gasteiger partial charge is 0.267 e. The zero-order valence-corrected chi connectivity index (χ0v) is 3.78. The van der Waals surface area contributed by atoms with Crippen LogP contribution in [0.4, 0.5) is 0 Å². The van der Waals surface area contributed by atoms with Crippen LogP contribution < -0.4 is 5.84 Å². The minimum atomic E-state index is 0.469. The summed E-state index contributed by atoms with van der Waals surface area (Å²) in [7, 11) is 0. The predicted octanol–water partition coefficient (Wildman–Crippen LogP) is -0.810. The molecule has 0 unspecified atom stereocenters. The number of rotatable bonds is 0. The maximum absolute atomic E-state index is 5.16. The molecular weight excluding hydrogens is 92.1 g/mol. The third-order valence-corrected chi connectivity index (χ3v) is 0.614. The molecule has 0 radical (unpaired) electrons. The molecule has 0 fully saturated rings. The first-order valence-corrected chi connectivity index (χ1v) is 1.94. The predicted molar refractivity (Wildman–Crippen MR) is 27.9 cm³/mol. The zero-order chi connectivity index (χ0) is 5.11. The van der Waals surface area contributed by atoms with Crippen molar-refractivity contribution in [3.8, 4) is 0 Å². The summed E-state index contributed by atoms with van der Waals surface area (Å²) in [5, 5.41) is 4.93. The smallest absolute Gasteiger partial charge is 0.143 e. The van der Waals surface area contributed by atoms with Gasteiger partial charge in [-0.25, -0.2) is 11.0 Å². The number of hydrazine groups is 1. The van der Waals surface area contributed by atoms with E-state index in [1.807, 2.05) is 0 Å². The van der Waals surface area contributed by atoms with E-state index in [1.165, 1.54) is 5.12 Å². The van der Waals surface area contributed by atoms with Crippen LogP contribution in [0.25, 0.3) is 0 Å². The summed E-state index contributed by atoms with van der Waals surface area (Å²) in [6.45, 7) is 0.469. The maximum Gasteiger partial charge on any atom is 0.143 e. The number of hydrogen-bond acceptors (Lipinski definition) is 4. The third-order valence-electron chi connectivity index (χ3n) is 0.614. The van der Waals surface area contributed by atoms with E-state index in [1.54, 1.807) is 12.4 Å². The maximum atomic E-state index is 5.16. The molecule has 0 aromatic carbocycles. The fraction of sp³-hybridized carbons (Fsp3) is 0.333. The summed E-state index contributed by atoms with van der Waals surface area (Å²) in [6.07, 6.45) is 3.16. The Morgan fingerprint density at radius 1 is 1.57 bits per heavy atom. The lowest BCUT2D eigenvalue weighted by molar-refractivity contribution is 0.310. The van der Waals surface area contributed by atoms with Gasteiger partial charge in [0.05, 0.1) is 6.21 Å². The van der Waals surface area contributed by atoms with E-state index in [2.05, 4.69) is 10.1 Å². The lowest BCUT2D eigenvalue weighted by Crippen LogP contribution is -2.27. The van der Waals surface area contributed by atoms with E-state index in [0.717, 1.165) is 0 Å². The molecule has 0 amide bonds. The van der Waals surface area contributed by atoms with Gasteiger partial charge in [-0.1, -0.05) is 0 Å². The van der Waals surface area contributed by atoms with Crippen LogP contribution in [-0.4, -0.2) is 24.2 Å². The molecule has 4 heteroatoms. The summed E-state index contributed by atoms with van der Waals surface area (Å²) in [4.78, 5) is 3.78. The van der Waals surface area contributed by atoms with Gasteiger partial charge in [0.2, 0.25) is 0 Å². The Bertz CT molecular complexity index is 106. The van der Waals surface area contributed by atoms with Crippen molar-refractivity contribution in [2.75, 3.05) is 6.67 Å². The normalized spacial score (nSPS) is 18.1. The summed E-state index contributed by atoms with van der Waals surface area (Å²) in [6, 6.07) is 0. The van der Waals surface area contributed by atoms with Gasteiger partial charge in [0.25, 0.3) is 0 Å². The van der Waals surface area contributed by atoms with Gasteiger partial charge in [-0.2, -0.15) is 5.10 Å². The van der Waals surface area contributed by atoms with Crippen LogP contribution >= 0.6 is 0 Å². The van der Waals surface area contributed by atoms with Crippen molar-refractivity contribution in [2.45, 2.75) is 0 Å². The van der Waals surface area contributed by atoms with Crippen molar-refractivity contribution in [2.24, 2.45) is 15.9 Å². The van der Waals surface area contributed by atoms with Crippen LogP contribution in [-0.2, 0) is 0 Å². The summed E-state index contributed by atoms with van der Waals surface area (Å²) < 4.78 is 0. The van der Waals surface area contributed by atoms with Gasteiger partial charge in [0.15, 0.2) is 0 Å². The summed E-state index contributed by atoms with van der Waals surface area (Å²) >= 11 is 0. The highest BCUT2D eigenvalue weighted by molar-refractivity contribution is 6.16. The molecule has 1 heterocycles. The second-order valence-corrected chi connectivity index (χ2v) is 1.18. The van der Waals surface area contributed by atoms with Crippen molar-refractivity contribution < 1.29 is 0 Å². The van der Waals surface area contributed by atoms with Crippen molar-refractivity contribution in [1.29, 1.82) is 0 Å². The molecule has 0 saturated carbocycles. The molecule has 0 bridgehead atoms. The van der Waals surface area contributed by atoms with Gasteiger partial charge in [0, 0.05) is 6.21 Å². The fourth-order valence-electron chi connectivity index (χ4n) is 0.330. The average molecular weight is 98.1 g/mol. The fourth-order valence-corrected chi connectivity index (χ4v) is 0.330. The number of nitrogens with zero attached hydrogens (tertiary/aromatic N) is 3. The molecule has 1 rings (SSSR count). The summed E-state index contributed by atoms with van der Waals surface area (Å²) in [5.41, 5.74) is 0. The van der Waals surface area contributed by atoms with Crippen molar-refractivity contribution >= 4 is 12.4 Å². The second-order valence-electron chi connectivity index (χ2n) is 1.18. The number of hydrazone groups is 1. The number of hydrogen-bond donors (Lipinski definition) is 1. The van der Waals surface area contributed by atoms with E-state index >= 15 is 0 Å². The highest BCUT2D eigenvalue weighted by atomic mass is 15.6. The highest BCUT2D eigenvalue weighted by Crippen LogP contribution is 1.80. The Kier molecular flexibility index (Phi) is 1.04. The Morgan fingerprint density at radius 2 is 2.43 bits per heavy atom. The molecule has 38 valence electrons. The number of nitrogens with two attached hydrogens (primary N) is 1. The van der Waals surface area contributed by atoms with Gasteiger partial charge in [-0.05, 0) is 0 Å². The molecule has 0 saturated heterocycles. The molecule has 0 aromatic rings. The van der Waals surface area contributed by atoms with Gasteiger partial charge in [0.1, 0.15) is 6.67 Å². The standard InChI is InChI=1S/C3H6N4/c4-7-3-5-1-2-6-7/h1-2H,3-4H2. The molecule has 7 heavy (non-hydrogen) atoms. The van der Waals surface area contributed by atoms with Crippen LogP contribution in [0.1, 0.15) is 0 Å². The zero-order valence-electron chi connectivity index (χ0n) is 3.78. The van der Waals surface area contributed by atoms with Crippen molar-refractivity contribution in [3.63, 3.8) is 0 Å². The lowest BCUT2D eigenvalue weighted by Gasteiger charge is -2.08. The molecule has 2 N–H and O–H groups in total. The first-order chi connectivity index (χ1) is 3.39. The minimum Gasteiger partial charge on any atom is -0.267 e. The number of aliphatic imine (C=N–C) groups is 1. The van der Waals surface area contributed by atoms with Crippen molar-refractivity contribution in [1.82, 2.24) is 5.12 Å². The van der Waals surface area contributed by atoms with E-state index < -0.39 is 0 Å².